The van der Waals surface area contributed by atoms with E-state index in [1.807, 2.05) is 30.5 Å². The lowest BCUT2D eigenvalue weighted by Crippen LogP contribution is -2.56. The predicted octanol–water partition coefficient (Wildman–Crippen LogP) is 1.64. The second-order valence-corrected chi connectivity index (χ2v) is 12.8. The minimum absolute atomic E-state index is 0.0777. The van der Waals surface area contributed by atoms with Gasteiger partial charge >= 0.3 is 5.97 Å². The van der Waals surface area contributed by atoms with Gasteiger partial charge in [-0.2, -0.15) is 11.8 Å². The number of aromatic hydroxyl groups is 1. The van der Waals surface area contributed by atoms with Crippen molar-refractivity contribution < 1.29 is 34.2 Å². The zero-order valence-corrected chi connectivity index (χ0v) is 28.4. The van der Waals surface area contributed by atoms with Crippen molar-refractivity contribution >= 4 is 52.3 Å². The molecule has 50 heavy (non-hydrogen) atoms. The van der Waals surface area contributed by atoms with E-state index in [9.17, 15) is 34.2 Å². The maximum absolute atomic E-state index is 13.6. The van der Waals surface area contributed by atoms with Crippen LogP contribution >= 0.6 is 11.8 Å². The summed E-state index contributed by atoms with van der Waals surface area (Å²) >= 11 is 1.45. The number of carbonyl (C=O) groups excluding carboxylic acids is 4. The largest absolute Gasteiger partial charge is 0.508 e. The summed E-state index contributed by atoms with van der Waals surface area (Å²) in [5, 5.41) is 30.5. The van der Waals surface area contributed by atoms with Gasteiger partial charge in [-0.1, -0.05) is 60.7 Å². The highest BCUT2D eigenvalue weighted by Crippen LogP contribution is 2.19. The third-order valence-corrected chi connectivity index (χ3v) is 8.69. The summed E-state index contributed by atoms with van der Waals surface area (Å²) in [4.78, 5) is 68.1. The van der Waals surface area contributed by atoms with Crippen LogP contribution in [0.4, 0.5) is 0 Å². The molecule has 0 spiro atoms. The number of aliphatic carboxylic acids is 1. The van der Waals surface area contributed by atoms with Crippen molar-refractivity contribution in [3.63, 3.8) is 0 Å². The van der Waals surface area contributed by atoms with E-state index in [4.69, 9.17) is 5.73 Å². The first kappa shape index (κ1) is 37.5. The molecule has 1 aromatic heterocycles. The van der Waals surface area contributed by atoms with Crippen LogP contribution in [0.1, 0.15) is 23.1 Å². The lowest BCUT2D eigenvalue weighted by molar-refractivity contribution is -0.142. The molecule has 0 saturated carbocycles. The number of thioether (sulfide) groups is 1. The van der Waals surface area contributed by atoms with E-state index < -0.39 is 60.3 Å². The fourth-order valence-electron chi connectivity index (χ4n) is 5.35. The van der Waals surface area contributed by atoms with Crippen LogP contribution in [0.15, 0.2) is 85.1 Å². The highest BCUT2D eigenvalue weighted by molar-refractivity contribution is 7.98. The van der Waals surface area contributed by atoms with Gasteiger partial charge in [-0.3, -0.25) is 19.2 Å². The molecule has 14 heteroatoms. The average Bonchev–Trinajstić information content (AvgIpc) is 3.52. The van der Waals surface area contributed by atoms with Crippen molar-refractivity contribution in [3.8, 4) is 5.75 Å². The smallest absolute Gasteiger partial charge is 0.326 e. The van der Waals surface area contributed by atoms with Crippen molar-refractivity contribution in [2.75, 3.05) is 18.6 Å². The van der Waals surface area contributed by atoms with Crippen molar-refractivity contribution in [2.45, 2.75) is 49.9 Å². The van der Waals surface area contributed by atoms with Gasteiger partial charge in [0, 0.05) is 29.9 Å². The molecule has 13 nitrogen and oxygen atoms in total. The number of rotatable bonds is 18. The molecule has 0 radical (unpaired) electrons. The highest BCUT2D eigenvalue weighted by atomic mass is 32.2. The summed E-state index contributed by atoms with van der Waals surface area (Å²) in [6.07, 6.45) is 4.10. The molecular weight excluding hydrogens is 660 g/mol. The summed E-state index contributed by atoms with van der Waals surface area (Å²) in [5.41, 5.74) is 9.25. The first-order valence-corrected chi connectivity index (χ1v) is 17.5. The molecule has 4 atom stereocenters. The van der Waals surface area contributed by atoms with Crippen LogP contribution < -0.4 is 27.0 Å². The van der Waals surface area contributed by atoms with E-state index in [0.29, 0.717) is 11.3 Å². The van der Waals surface area contributed by atoms with E-state index >= 15 is 0 Å². The number of hydrogen-bond acceptors (Lipinski definition) is 8. The van der Waals surface area contributed by atoms with Crippen LogP contribution in [0.5, 0.6) is 5.75 Å². The lowest BCUT2D eigenvalue weighted by atomic mass is 10.0. The van der Waals surface area contributed by atoms with E-state index in [1.165, 1.54) is 23.9 Å². The second kappa shape index (κ2) is 18.4. The van der Waals surface area contributed by atoms with Crippen molar-refractivity contribution in [1.82, 2.24) is 26.3 Å². The Bertz CT molecular complexity index is 1770. The quantitative estimate of drug-likeness (QED) is 0.0755. The Morgan fingerprint density at radius 1 is 0.760 bits per heavy atom. The van der Waals surface area contributed by atoms with Gasteiger partial charge in [0.1, 0.15) is 23.9 Å². The molecule has 0 unspecified atom stereocenters. The van der Waals surface area contributed by atoms with Gasteiger partial charge in [-0.25, -0.2) is 4.79 Å². The lowest BCUT2D eigenvalue weighted by Gasteiger charge is -2.23. The number of fused-ring (bicyclic) bond motifs is 1. The molecule has 0 fully saturated rings. The normalized spacial score (nSPS) is 13.4. The van der Waals surface area contributed by atoms with Crippen molar-refractivity contribution in [3.05, 3.63) is 102 Å². The Morgan fingerprint density at radius 3 is 2.10 bits per heavy atom. The van der Waals surface area contributed by atoms with Crippen molar-refractivity contribution in [1.29, 1.82) is 0 Å². The number of carboxylic acid groups (broad SMARTS) is 1. The van der Waals surface area contributed by atoms with Gasteiger partial charge < -0.3 is 42.2 Å². The van der Waals surface area contributed by atoms with Gasteiger partial charge in [-0.05, 0) is 59.7 Å². The number of amides is 4. The Labute approximate surface area is 293 Å². The third-order valence-electron chi connectivity index (χ3n) is 8.04. The number of carboxylic acids is 1. The van der Waals surface area contributed by atoms with Crippen molar-refractivity contribution in [2.24, 2.45) is 5.73 Å². The standard InChI is InChI=1S/C36H42N6O7S/c1-50-16-15-29(36(48)49)41-35(47)30(18-22-7-3-2-4-8-22)40-32(44)21-39-34(46)31(19-24-20-38-28-10-6-5-9-26(24)28)42-33(45)27(37)17-23-11-13-25(43)14-12-23/h2-14,20,27,29-31,38,43H,15-19,21,37H2,1H3,(H,39,46)(H,40,44)(H,41,47)(H,42,45)(H,48,49)/t27-,29-,30-,31+/m0/s1. The minimum atomic E-state index is -1.18. The Morgan fingerprint density at radius 2 is 1.40 bits per heavy atom. The monoisotopic (exact) mass is 702 g/mol. The molecule has 4 aromatic rings. The molecular formula is C36H42N6O7S. The summed E-state index contributed by atoms with van der Waals surface area (Å²) < 4.78 is 0. The summed E-state index contributed by atoms with van der Waals surface area (Å²) in [7, 11) is 0. The fourth-order valence-corrected chi connectivity index (χ4v) is 5.82. The molecule has 0 saturated heterocycles. The molecule has 0 aliphatic carbocycles. The number of phenolic OH excluding ortho intramolecular Hbond substituents is 1. The number of benzene rings is 3. The maximum Gasteiger partial charge on any atom is 0.326 e. The third kappa shape index (κ3) is 11.1. The molecule has 0 bridgehead atoms. The Hall–Kier alpha value is -5.34. The first-order valence-electron chi connectivity index (χ1n) is 16.1. The number of carbonyl (C=O) groups is 5. The fraction of sp³-hybridized carbons (Fsp3) is 0.306. The number of aromatic nitrogens is 1. The van der Waals surface area contributed by atoms with Gasteiger partial charge in [0.05, 0.1) is 12.6 Å². The van der Waals surface area contributed by atoms with Gasteiger partial charge in [-0.15, -0.1) is 0 Å². The molecule has 0 aliphatic heterocycles. The average molecular weight is 703 g/mol. The topological polar surface area (TPSA) is 216 Å². The molecule has 264 valence electrons. The van der Waals surface area contributed by atoms with Crippen LogP contribution in [0.2, 0.25) is 0 Å². The molecule has 1 heterocycles. The number of nitrogens with two attached hydrogens (primary N) is 1. The van der Waals surface area contributed by atoms with E-state index in [-0.39, 0.29) is 31.4 Å². The van der Waals surface area contributed by atoms with Gasteiger partial charge in [0.15, 0.2) is 0 Å². The summed E-state index contributed by atoms with van der Waals surface area (Å²) in [5.74, 6) is -3.19. The maximum atomic E-state index is 13.6. The first-order chi connectivity index (χ1) is 24.0. The van der Waals surface area contributed by atoms with Crippen LogP contribution in [0.25, 0.3) is 10.9 Å². The number of H-pyrrole nitrogens is 1. The van der Waals surface area contributed by atoms with Crippen LogP contribution in [-0.4, -0.2) is 87.5 Å². The summed E-state index contributed by atoms with van der Waals surface area (Å²) in [6.45, 7) is -0.522. The SMILES string of the molecule is CSCC[C@H](NC(=O)[C@H](Cc1ccccc1)NC(=O)CNC(=O)[C@@H](Cc1c[nH]c2ccccc12)NC(=O)[C@@H](N)Cc1ccc(O)cc1)C(=O)O. The number of nitrogens with one attached hydrogen (secondary N) is 5. The van der Waals surface area contributed by atoms with Crippen LogP contribution in [-0.2, 0) is 43.2 Å². The molecule has 3 aromatic carbocycles. The molecule has 4 rings (SSSR count). The predicted molar refractivity (Wildman–Crippen MR) is 191 cm³/mol. The molecule has 0 aliphatic rings. The number of aromatic amines is 1. The number of hydrogen-bond donors (Lipinski definition) is 8. The Balaban J connectivity index is 1.45. The van der Waals surface area contributed by atoms with E-state index in [0.717, 1.165) is 22.0 Å². The van der Waals surface area contributed by atoms with E-state index in [2.05, 4.69) is 26.3 Å². The number of phenols is 1. The van der Waals surface area contributed by atoms with E-state index in [1.54, 1.807) is 48.7 Å². The van der Waals surface area contributed by atoms with Crippen LogP contribution in [0.3, 0.4) is 0 Å². The van der Waals surface area contributed by atoms with Crippen LogP contribution in [0, 0.1) is 0 Å². The highest BCUT2D eigenvalue weighted by Gasteiger charge is 2.29. The Kier molecular flexibility index (Phi) is 13.8. The molecule has 4 amide bonds. The summed E-state index contributed by atoms with van der Waals surface area (Å²) in [6, 6.07) is 18.3. The molecule has 9 N–H and O–H groups in total. The second-order valence-electron chi connectivity index (χ2n) is 11.8. The van der Waals surface area contributed by atoms with Gasteiger partial charge in [0.25, 0.3) is 0 Å². The minimum Gasteiger partial charge on any atom is -0.508 e. The zero-order chi connectivity index (χ0) is 36.0. The number of para-hydroxylation sites is 1. The zero-order valence-electron chi connectivity index (χ0n) is 27.6. The van der Waals surface area contributed by atoms with Gasteiger partial charge in [0.2, 0.25) is 23.6 Å².